The highest BCUT2D eigenvalue weighted by Crippen LogP contribution is 2.31. The normalized spacial score (nSPS) is 13.2. The molecule has 110 valence electrons. The number of amides is 2. The summed E-state index contributed by atoms with van der Waals surface area (Å²) in [7, 11) is 0. The highest BCUT2D eigenvalue weighted by Gasteiger charge is 2.27. The molecule has 2 rings (SSSR count). The molecule has 0 unspecified atom stereocenters. The maximum atomic E-state index is 12.2. The monoisotopic (exact) mass is 297 g/mol. The second-order valence-electron chi connectivity index (χ2n) is 4.76. The molecule has 0 bridgehead atoms. The van der Waals surface area contributed by atoms with Gasteiger partial charge < -0.3 is 16.0 Å². The van der Waals surface area contributed by atoms with Crippen molar-refractivity contribution in [1.82, 2.24) is 5.32 Å². The number of para-hydroxylation sites is 1. The summed E-state index contributed by atoms with van der Waals surface area (Å²) >= 11 is 0. The zero-order valence-corrected chi connectivity index (χ0v) is 12.1. The Labute approximate surface area is 124 Å². The molecule has 0 saturated heterocycles. The molecule has 1 fully saturated rings. The molecule has 1 aromatic rings. The minimum atomic E-state index is -0.312. The van der Waals surface area contributed by atoms with Gasteiger partial charge in [0.2, 0.25) is 11.8 Å². The van der Waals surface area contributed by atoms with Crippen molar-refractivity contribution in [3.05, 3.63) is 30.3 Å². The molecule has 20 heavy (non-hydrogen) atoms. The van der Waals surface area contributed by atoms with Crippen LogP contribution < -0.4 is 16.0 Å². The summed E-state index contributed by atoms with van der Waals surface area (Å²) in [6.07, 6.45) is 2.34. The molecule has 0 aromatic heterocycles. The first-order chi connectivity index (χ1) is 9.20. The van der Waals surface area contributed by atoms with Gasteiger partial charge in [-0.05, 0) is 30.9 Å². The lowest BCUT2D eigenvalue weighted by molar-refractivity contribution is -0.124. The van der Waals surface area contributed by atoms with Crippen molar-refractivity contribution in [2.45, 2.75) is 12.8 Å². The topological polar surface area (TPSA) is 75.4 Å². The zero-order chi connectivity index (χ0) is 13.7. The van der Waals surface area contributed by atoms with Gasteiger partial charge in [-0.15, -0.1) is 12.4 Å². The average Bonchev–Trinajstić information content (AvgIpc) is 3.26. The third-order valence-corrected chi connectivity index (χ3v) is 3.13. The van der Waals surface area contributed by atoms with Crippen molar-refractivity contribution in [2.24, 2.45) is 11.7 Å². The highest BCUT2D eigenvalue weighted by atomic mass is 35.5. The summed E-state index contributed by atoms with van der Waals surface area (Å²) in [5.74, 6) is 0.182. The van der Waals surface area contributed by atoms with E-state index in [1.165, 1.54) is 12.8 Å². The van der Waals surface area contributed by atoms with E-state index in [4.69, 9.17) is 5.73 Å². The number of hydrogen-bond acceptors (Lipinski definition) is 3. The van der Waals surface area contributed by atoms with Crippen LogP contribution >= 0.6 is 12.4 Å². The Balaban J connectivity index is 0.00000200. The van der Waals surface area contributed by atoms with Gasteiger partial charge in [-0.2, -0.15) is 0 Å². The molecule has 1 aliphatic rings. The molecular weight excluding hydrogens is 278 g/mol. The minimum absolute atomic E-state index is 0. The molecular formula is C14H20ClN3O2. The van der Waals surface area contributed by atoms with Crippen molar-refractivity contribution in [1.29, 1.82) is 0 Å². The number of hydrogen-bond donors (Lipinski definition) is 2. The predicted molar refractivity (Wildman–Crippen MR) is 80.8 cm³/mol. The second kappa shape index (κ2) is 7.87. The molecule has 0 spiro atoms. The second-order valence-corrected chi connectivity index (χ2v) is 4.76. The van der Waals surface area contributed by atoms with Crippen molar-refractivity contribution in [3.8, 4) is 0 Å². The summed E-state index contributed by atoms with van der Waals surface area (Å²) in [6.45, 7) is 0.625. The van der Waals surface area contributed by atoms with Gasteiger partial charge in [0.05, 0.1) is 13.1 Å². The zero-order valence-electron chi connectivity index (χ0n) is 11.2. The molecule has 0 heterocycles. The van der Waals surface area contributed by atoms with Crippen LogP contribution in [-0.2, 0) is 9.59 Å². The third-order valence-electron chi connectivity index (χ3n) is 3.13. The number of halogens is 1. The lowest BCUT2D eigenvalue weighted by Crippen LogP contribution is -2.42. The maximum absolute atomic E-state index is 12.2. The predicted octanol–water partition coefficient (Wildman–Crippen LogP) is 0.926. The Morgan fingerprint density at radius 3 is 2.45 bits per heavy atom. The standard InChI is InChI=1S/C14H19N3O2.ClH/c15-8-13(18)16-9-14(19)17(10-11-6-7-11)12-4-2-1-3-5-12;/h1-5,11H,6-10,15H2,(H,16,18);1H. The number of rotatable bonds is 6. The van der Waals surface area contributed by atoms with Crippen molar-refractivity contribution >= 4 is 29.9 Å². The molecule has 0 atom stereocenters. The van der Waals surface area contributed by atoms with E-state index in [0.717, 1.165) is 12.2 Å². The van der Waals surface area contributed by atoms with Crippen LogP contribution in [0.1, 0.15) is 12.8 Å². The Bertz CT molecular complexity index is 449. The Morgan fingerprint density at radius 2 is 1.90 bits per heavy atom. The first-order valence-corrected chi connectivity index (χ1v) is 6.53. The fraction of sp³-hybridized carbons (Fsp3) is 0.429. The van der Waals surface area contributed by atoms with E-state index in [0.29, 0.717) is 5.92 Å². The van der Waals surface area contributed by atoms with Crippen LogP contribution in [0.2, 0.25) is 0 Å². The lowest BCUT2D eigenvalue weighted by Gasteiger charge is -2.23. The fourth-order valence-corrected chi connectivity index (χ4v) is 1.86. The van der Waals surface area contributed by atoms with E-state index in [-0.39, 0.29) is 37.3 Å². The lowest BCUT2D eigenvalue weighted by atomic mass is 10.2. The molecule has 3 N–H and O–H groups in total. The van der Waals surface area contributed by atoms with E-state index < -0.39 is 0 Å². The number of anilines is 1. The summed E-state index contributed by atoms with van der Waals surface area (Å²) in [5.41, 5.74) is 6.08. The molecule has 2 amide bonds. The van der Waals surface area contributed by atoms with Gasteiger partial charge in [0.15, 0.2) is 0 Å². The largest absolute Gasteiger partial charge is 0.346 e. The Kier molecular flexibility index (Phi) is 6.48. The van der Waals surface area contributed by atoms with Crippen LogP contribution in [-0.4, -0.2) is 31.4 Å². The smallest absolute Gasteiger partial charge is 0.246 e. The van der Waals surface area contributed by atoms with E-state index in [1.54, 1.807) is 4.90 Å². The third kappa shape index (κ3) is 4.83. The van der Waals surface area contributed by atoms with E-state index in [9.17, 15) is 9.59 Å². The van der Waals surface area contributed by atoms with E-state index in [2.05, 4.69) is 5.32 Å². The summed E-state index contributed by atoms with van der Waals surface area (Å²) in [6, 6.07) is 9.54. The quantitative estimate of drug-likeness (QED) is 0.820. The van der Waals surface area contributed by atoms with Crippen LogP contribution in [0.4, 0.5) is 5.69 Å². The van der Waals surface area contributed by atoms with Crippen LogP contribution in [0.15, 0.2) is 30.3 Å². The number of carbonyl (C=O) groups is 2. The van der Waals surface area contributed by atoms with Gasteiger partial charge in [0, 0.05) is 12.2 Å². The molecule has 1 aliphatic carbocycles. The first-order valence-electron chi connectivity index (χ1n) is 6.53. The maximum Gasteiger partial charge on any atom is 0.246 e. The molecule has 0 aliphatic heterocycles. The van der Waals surface area contributed by atoms with Crippen molar-refractivity contribution in [2.75, 3.05) is 24.5 Å². The molecule has 0 radical (unpaired) electrons. The Hall–Kier alpha value is -1.59. The van der Waals surface area contributed by atoms with Gasteiger partial charge in [-0.25, -0.2) is 0 Å². The van der Waals surface area contributed by atoms with Crippen LogP contribution in [0.25, 0.3) is 0 Å². The van der Waals surface area contributed by atoms with Crippen molar-refractivity contribution in [3.63, 3.8) is 0 Å². The van der Waals surface area contributed by atoms with E-state index in [1.807, 2.05) is 30.3 Å². The van der Waals surface area contributed by atoms with Gasteiger partial charge in [0.25, 0.3) is 0 Å². The van der Waals surface area contributed by atoms with Gasteiger partial charge in [0.1, 0.15) is 0 Å². The molecule has 1 aromatic carbocycles. The van der Waals surface area contributed by atoms with Gasteiger partial charge >= 0.3 is 0 Å². The molecule has 6 heteroatoms. The first kappa shape index (κ1) is 16.5. The average molecular weight is 298 g/mol. The summed E-state index contributed by atoms with van der Waals surface area (Å²) < 4.78 is 0. The molecule has 1 saturated carbocycles. The summed E-state index contributed by atoms with van der Waals surface area (Å²) in [4.78, 5) is 25.0. The van der Waals surface area contributed by atoms with Gasteiger partial charge in [-0.3, -0.25) is 9.59 Å². The number of carbonyl (C=O) groups excluding carboxylic acids is 2. The number of nitrogens with two attached hydrogens (primary N) is 1. The Morgan fingerprint density at radius 1 is 1.25 bits per heavy atom. The van der Waals surface area contributed by atoms with Crippen molar-refractivity contribution < 1.29 is 9.59 Å². The van der Waals surface area contributed by atoms with E-state index >= 15 is 0 Å². The number of benzene rings is 1. The number of nitrogens with zero attached hydrogens (tertiary/aromatic N) is 1. The van der Waals surface area contributed by atoms with Crippen LogP contribution in [0.5, 0.6) is 0 Å². The minimum Gasteiger partial charge on any atom is -0.346 e. The molecule has 5 nitrogen and oxygen atoms in total. The number of nitrogens with one attached hydrogen (secondary N) is 1. The summed E-state index contributed by atoms with van der Waals surface area (Å²) in [5, 5.41) is 2.52. The van der Waals surface area contributed by atoms with Crippen LogP contribution in [0, 0.1) is 5.92 Å². The highest BCUT2D eigenvalue weighted by molar-refractivity contribution is 5.96. The van der Waals surface area contributed by atoms with Gasteiger partial charge in [-0.1, -0.05) is 18.2 Å². The SMILES string of the molecule is Cl.NCC(=O)NCC(=O)N(CC1CC1)c1ccccc1. The van der Waals surface area contributed by atoms with Crippen LogP contribution in [0.3, 0.4) is 0 Å². The fourth-order valence-electron chi connectivity index (χ4n) is 1.86.